The van der Waals surface area contributed by atoms with Crippen molar-refractivity contribution in [1.29, 1.82) is 0 Å². The first-order valence-electron chi connectivity index (χ1n) is 5.88. The van der Waals surface area contributed by atoms with Crippen molar-refractivity contribution in [2.45, 2.75) is 6.92 Å². The van der Waals surface area contributed by atoms with Crippen LogP contribution in [0, 0.1) is 4.77 Å². The molecule has 0 saturated heterocycles. The van der Waals surface area contributed by atoms with Crippen molar-refractivity contribution in [1.82, 2.24) is 14.6 Å². The van der Waals surface area contributed by atoms with Crippen LogP contribution in [-0.2, 0) is 4.74 Å². The third-order valence-electron chi connectivity index (χ3n) is 2.84. The van der Waals surface area contributed by atoms with E-state index in [1.54, 1.807) is 17.5 Å². The summed E-state index contributed by atoms with van der Waals surface area (Å²) in [7, 11) is 0. The highest BCUT2D eigenvalue weighted by Crippen LogP contribution is 2.19. The molecular formula is C13H11N3O2S. The quantitative estimate of drug-likeness (QED) is 0.576. The largest absolute Gasteiger partial charge is 0.461 e. The van der Waals surface area contributed by atoms with Crippen LogP contribution >= 0.6 is 12.2 Å². The van der Waals surface area contributed by atoms with E-state index in [9.17, 15) is 4.79 Å². The van der Waals surface area contributed by atoms with E-state index in [4.69, 9.17) is 17.0 Å². The number of para-hydroxylation sites is 1. The van der Waals surface area contributed by atoms with Gasteiger partial charge in [0.1, 0.15) is 5.69 Å². The molecule has 0 aliphatic heterocycles. The summed E-state index contributed by atoms with van der Waals surface area (Å²) in [6, 6.07) is 9.39. The monoisotopic (exact) mass is 273 g/mol. The third-order valence-corrected chi connectivity index (χ3v) is 3.11. The van der Waals surface area contributed by atoms with E-state index < -0.39 is 5.97 Å². The minimum atomic E-state index is -0.398. The number of benzene rings is 1. The maximum atomic E-state index is 11.7. The Morgan fingerprint density at radius 1 is 1.47 bits per heavy atom. The van der Waals surface area contributed by atoms with Gasteiger partial charge in [0.05, 0.1) is 17.6 Å². The first-order chi connectivity index (χ1) is 9.20. The number of esters is 1. The van der Waals surface area contributed by atoms with Gasteiger partial charge < -0.3 is 4.74 Å². The molecule has 6 heteroatoms. The van der Waals surface area contributed by atoms with E-state index in [-0.39, 0.29) is 0 Å². The molecule has 2 aromatic heterocycles. The first kappa shape index (κ1) is 11.9. The molecule has 0 amide bonds. The summed E-state index contributed by atoms with van der Waals surface area (Å²) in [6.45, 7) is 2.10. The fraction of sp³-hybridized carbons (Fsp3) is 0.154. The van der Waals surface area contributed by atoms with Gasteiger partial charge in [-0.05, 0) is 31.3 Å². The maximum absolute atomic E-state index is 11.7. The highest BCUT2D eigenvalue weighted by molar-refractivity contribution is 7.71. The van der Waals surface area contributed by atoms with Crippen LogP contribution < -0.4 is 0 Å². The van der Waals surface area contributed by atoms with Gasteiger partial charge in [0.25, 0.3) is 0 Å². The lowest BCUT2D eigenvalue weighted by Crippen LogP contribution is -2.05. The zero-order valence-corrected chi connectivity index (χ0v) is 11.0. The topological polar surface area (TPSA) is 59.4 Å². The number of nitrogens with one attached hydrogen (secondary N) is 1. The standard InChI is InChI=1S/C13H11N3O2S/c1-2-18-12(17)10-7-11-8-5-3-4-6-9(8)14-13(19)16(11)15-10/h3-7,15H,2H2,1H3. The molecule has 0 radical (unpaired) electrons. The summed E-state index contributed by atoms with van der Waals surface area (Å²) in [5.74, 6) is -0.398. The molecule has 0 atom stereocenters. The fourth-order valence-corrected chi connectivity index (χ4v) is 2.26. The van der Waals surface area contributed by atoms with Gasteiger partial charge in [-0.15, -0.1) is 0 Å². The van der Waals surface area contributed by atoms with Gasteiger partial charge in [0.2, 0.25) is 4.77 Å². The molecule has 96 valence electrons. The summed E-state index contributed by atoms with van der Waals surface area (Å²) in [6.07, 6.45) is 0. The molecule has 0 unspecified atom stereocenters. The minimum absolute atomic E-state index is 0.332. The third kappa shape index (κ3) is 1.90. The van der Waals surface area contributed by atoms with Crippen LogP contribution in [0.2, 0.25) is 0 Å². The molecule has 0 aliphatic carbocycles. The lowest BCUT2D eigenvalue weighted by Gasteiger charge is -1.99. The van der Waals surface area contributed by atoms with Gasteiger partial charge in [0.15, 0.2) is 0 Å². The molecule has 2 heterocycles. The van der Waals surface area contributed by atoms with Gasteiger partial charge in [-0.1, -0.05) is 18.2 Å². The fourth-order valence-electron chi connectivity index (χ4n) is 2.02. The lowest BCUT2D eigenvalue weighted by atomic mass is 10.2. The van der Waals surface area contributed by atoms with Crippen LogP contribution in [0.1, 0.15) is 17.4 Å². The molecule has 5 nitrogen and oxygen atoms in total. The van der Waals surface area contributed by atoms with E-state index in [2.05, 4.69) is 10.1 Å². The van der Waals surface area contributed by atoms with E-state index in [0.29, 0.717) is 17.1 Å². The average Bonchev–Trinajstić information content (AvgIpc) is 2.85. The summed E-state index contributed by atoms with van der Waals surface area (Å²) >= 11 is 5.21. The zero-order chi connectivity index (χ0) is 13.4. The van der Waals surface area contributed by atoms with E-state index in [1.807, 2.05) is 24.3 Å². The first-order valence-corrected chi connectivity index (χ1v) is 6.29. The Kier molecular flexibility index (Phi) is 2.79. The Hall–Kier alpha value is -2.21. The van der Waals surface area contributed by atoms with Crippen molar-refractivity contribution in [3.05, 3.63) is 40.8 Å². The van der Waals surface area contributed by atoms with E-state index in [0.717, 1.165) is 16.4 Å². The van der Waals surface area contributed by atoms with Crippen molar-refractivity contribution >= 4 is 34.6 Å². The number of hydrogen-bond acceptors (Lipinski definition) is 4. The van der Waals surface area contributed by atoms with Gasteiger partial charge in [0, 0.05) is 5.39 Å². The smallest absolute Gasteiger partial charge is 0.356 e. The van der Waals surface area contributed by atoms with Crippen molar-refractivity contribution in [3.63, 3.8) is 0 Å². The maximum Gasteiger partial charge on any atom is 0.356 e. The molecule has 0 saturated carbocycles. The Morgan fingerprint density at radius 3 is 3.05 bits per heavy atom. The van der Waals surface area contributed by atoms with Crippen LogP contribution in [0.5, 0.6) is 0 Å². The molecule has 3 aromatic rings. The Morgan fingerprint density at radius 2 is 2.26 bits per heavy atom. The minimum Gasteiger partial charge on any atom is -0.461 e. The number of ether oxygens (including phenoxy) is 1. The zero-order valence-electron chi connectivity index (χ0n) is 10.2. The predicted molar refractivity (Wildman–Crippen MR) is 73.8 cm³/mol. The van der Waals surface area contributed by atoms with Crippen molar-refractivity contribution in [3.8, 4) is 0 Å². The summed E-state index contributed by atoms with van der Waals surface area (Å²) in [4.78, 5) is 16.1. The summed E-state index contributed by atoms with van der Waals surface area (Å²) in [5.41, 5.74) is 1.99. The van der Waals surface area contributed by atoms with E-state index in [1.165, 1.54) is 0 Å². The number of rotatable bonds is 2. The van der Waals surface area contributed by atoms with Crippen LogP contribution in [0.25, 0.3) is 16.4 Å². The summed E-state index contributed by atoms with van der Waals surface area (Å²) in [5, 5.41) is 3.85. The summed E-state index contributed by atoms with van der Waals surface area (Å²) < 4.78 is 6.97. The Bertz CT molecular complexity index is 835. The van der Waals surface area contributed by atoms with E-state index >= 15 is 0 Å². The van der Waals surface area contributed by atoms with Gasteiger partial charge >= 0.3 is 5.97 Å². The number of hydrogen-bond donors (Lipinski definition) is 1. The van der Waals surface area contributed by atoms with Gasteiger partial charge in [-0.3, -0.25) is 5.10 Å². The number of H-pyrrole nitrogens is 1. The molecule has 3 rings (SSSR count). The Labute approximate surface area is 113 Å². The number of carbonyl (C=O) groups excluding carboxylic acids is 1. The van der Waals surface area contributed by atoms with Crippen LogP contribution in [0.15, 0.2) is 30.3 Å². The number of aromatic nitrogens is 3. The molecule has 0 bridgehead atoms. The molecular weight excluding hydrogens is 262 g/mol. The second kappa shape index (κ2) is 4.47. The predicted octanol–water partition coefficient (Wildman–Crippen LogP) is 2.72. The number of nitrogens with zero attached hydrogens (tertiary/aromatic N) is 2. The normalized spacial score (nSPS) is 11.0. The molecule has 0 aliphatic rings. The molecule has 0 fully saturated rings. The van der Waals surface area contributed by atoms with Crippen molar-refractivity contribution in [2.24, 2.45) is 0 Å². The Balaban J connectivity index is 2.32. The van der Waals surface area contributed by atoms with Crippen LogP contribution in [0.3, 0.4) is 0 Å². The number of fused-ring (bicyclic) bond motifs is 3. The molecule has 0 spiro atoms. The number of aromatic amines is 1. The second-order valence-corrected chi connectivity index (χ2v) is 4.39. The second-order valence-electron chi connectivity index (χ2n) is 4.02. The number of carbonyl (C=O) groups is 1. The molecule has 1 aromatic carbocycles. The highest BCUT2D eigenvalue weighted by atomic mass is 32.1. The molecule has 19 heavy (non-hydrogen) atoms. The van der Waals surface area contributed by atoms with Crippen molar-refractivity contribution < 1.29 is 9.53 Å². The molecule has 1 N–H and O–H groups in total. The van der Waals surface area contributed by atoms with Crippen LogP contribution in [0.4, 0.5) is 0 Å². The lowest BCUT2D eigenvalue weighted by molar-refractivity contribution is 0.0519. The highest BCUT2D eigenvalue weighted by Gasteiger charge is 2.12. The van der Waals surface area contributed by atoms with Crippen LogP contribution in [-0.4, -0.2) is 27.2 Å². The average molecular weight is 273 g/mol. The van der Waals surface area contributed by atoms with Crippen molar-refractivity contribution in [2.75, 3.05) is 6.61 Å². The van der Waals surface area contributed by atoms with Gasteiger partial charge in [-0.25, -0.2) is 14.3 Å². The SMILES string of the molecule is CCOC(=O)c1cc2c3ccccc3nc(=S)n2[nH]1. The van der Waals surface area contributed by atoms with Gasteiger partial charge in [-0.2, -0.15) is 0 Å².